The van der Waals surface area contributed by atoms with Crippen LogP contribution in [0.2, 0.25) is 0 Å². The van der Waals surface area contributed by atoms with Gasteiger partial charge in [0.05, 0.1) is 0 Å². The van der Waals surface area contributed by atoms with Crippen LogP contribution in [-0.4, -0.2) is 36.1 Å². The maximum absolute atomic E-state index is 3.66. The number of aryl methyl sites for hydroxylation is 1. The standard InChI is InChI=1S/C16H23N3/c1-18(2)16(10-17-12-8-9-12)14-11-19(3)15-7-5-4-6-13(14)15/h4-7,11-12,16-17H,8-10H2,1-3H3. The molecule has 102 valence electrons. The van der Waals surface area contributed by atoms with Gasteiger partial charge < -0.3 is 14.8 Å². The molecule has 2 aromatic rings. The van der Waals surface area contributed by atoms with Crippen molar-refractivity contribution in [3.63, 3.8) is 0 Å². The maximum atomic E-state index is 3.66. The van der Waals surface area contributed by atoms with Crippen LogP contribution in [0.1, 0.15) is 24.4 Å². The number of fused-ring (bicyclic) bond motifs is 1. The van der Waals surface area contributed by atoms with Gasteiger partial charge in [0.25, 0.3) is 0 Å². The molecule has 19 heavy (non-hydrogen) atoms. The van der Waals surface area contributed by atoms with E-state index in [0.29, 0.717) is 6.04 Å². The molecule has 1 heterocycles. The van der Waals surface area contributed by atoms with Gasteiger partial charge in [-0.1, -0.05) is 18.2 Å². The summed E-state index contributed by atoms with van der Waals surface area (Å²) in [4.78, 5) is 2.32. The lowest BCUT2D eigenvalue weighted by Crippen LogP contribution is -2.32. The Kier molecular flexibility index (Phi) is 3.33. The first-order valence-corrected chi connectivity index (χ1v) is 7.10. The molecule has 0 amide bonds. The Balaban J connectivity index is 1.94. The molecule has 1 atom stereocenters. The second-order valence-corrected chi connectivity index (χ2v) is 5.87. The van der Waals surface area contributed by atoms with Crippen LogP contribution in [0.5, 0.6) is 0 Å². The highest BCUT2D eigenvalue weighted by molar-refractivity contribution is 5.84. The second kappa shape index (κ2) is 4.99. The van der Waals surface area contributed by atoms with Crippen LogP contribution < -0.4 is 5.32 Å². The molecule has 1 aliphatic carbocycles. The van der Waals surface area contributed by atoms with Crippen molar-refractivity contribution in [2.24, 2.45) is 7.05 Å². The molecule has 3 nitrogen and oxygen atoms in total. The van der Waals surface area contributed by atoms with Gasteiger partial charge in [-0.2, -0.15) is 0 Å². The van der Waals surface area contributed by atoms with E-state index in [1.807, 2.05) is 0 Å². The minimum absolute atomic E-state index is 0.437. The largest absolute Gasteiger partial charge is 0.350 e. The average molecular weight is 257 g/mol. The molecular weight excluding hydrogens is 234 g/mol. The van der Waals surface area contributed by atoms with Crippen LogP contribution in [0.4, 0.5) is 0 Å². The summed E-state index contributed by atoms with van der Waals surface area (Å²) < 4.78 is 2.23. The predicted molar refractivity (Wildman–Crippen MR) is 80.4 cm³/mol. The zero-order valence-corrected chi connectivity index (χ0v) is 12.1. The van der Waals surface area contributed by atoms with Crippen molar-refractivity contribution in [2.45, 2.75) is 24.9 Å². The van der Waals surface area contributed by atoms with Gasteiger partial charge in [0.15, 0.2) is 0 Å². The van der Waals surface area contributed by atoms with E-state index in [9.17, 15) is 0 Å². The van der Waals surface area contributed by atoms with Crippen molar-refractivity contribution in [1.29, 1.82) is 0 Å². The van der Waals surface area contributed by atoms with Gasteiger partial charge in [0.2, 0.25) is 0 Å². The molecule has 1 aromatic heterocycles. The number of likely N-dealkylation sites (N-methyl/N-ethyl adjacent to an activating group) is 1. The van der Waals surface area contributed by atoms with Crippen molar-refractivity contribution in [1.82, 2.24) is 14.8 Å². The Hall–Kier alpha value is -1.32. The average Bonchev–Trinajstić information content (AvgIpc) is 3.16. The zero-order valence-electron chi connectivity index (χ0n) is 12.1. The lowest BCUT2D eigenvalue weighted by Gasteiger charge is -2.24. The summed E-state index contributed by atoms with van der Waals surface area (Å²) in [5, 5.41) is 5.04. The maximum Gasteiger partial charge on any atom is 0.0488 e. The van der Waals surface area contributed by atoms with Gasteiger partial charge in [0, 0.05) is 42.8 Å². The zero-order chi connectivity index (χ0) is 13.4. The van der Waals surface area contributed by atoms with Crippen molar-refractivity contribution in [2.75, 3.05) is 20.6 Å². The summed E-state index contributed by atoms with van der Waals surface area (Å²) >= 11 is 0. The highest BCUT2D eigenvalue weighted by Crippen LogP contribution is 2.29. The first-order chi connectivity index (χ1) is 9.16. The minimum Gasteiger partial charge on any atom is -0.350 e. The molecule has 0 bridgehead atoms. The van der Waals surface area contributed by atoms with E-state index in [2.05, 4.69) is 66.4 Å². The number of hydrogen-bond donors (Lipinski definition) is 1. The van der Waals surface area contributed by atoms with E-state index < -0.39 is 0 Å². The third-order valence-electron chi connectivity index (χ3n) is 4.09. The van der Waals surface area contributed by atoms with Gasteiger partial charge in [-0.05, 0) is 38.6 Å². The van der Waals surface area contributed by atoms with Crippen LogP contribution in [-0.2, 0) is 7.05 Å². The van der Waals surface area contributed by atoms with Crippen LogP contribution in [0.15, 0.2) is 30.5 Å². The van der Waals surface area contributed by atoms with Crippen molar-refractivity contribution < 1.29 is 0 Å². The van der Waals surface area contributed by atoms with Crippen LogP contribution in [0, 0.1) is 0 Å². The van der Waals surface area contributed by atoms with Gasteiger partial charge in [-0.15, -0.1) is 0 Å². The fraction of sp³-hybridized carbons (Fsp3) is 0.500. The summed E-state index contributed by atoms with van der Waals surface area (Å²) in [5.41, 5.74) is 2.74. The van der Waals surface area contributed by atoms with Crippen LogP contribution >= 0.6 is 0 Å². The smallest absolute Gasteiger partial charge is 0.0488 e. The number of benzene rings is 1. The van der Waals surface area contributed by atoms with E-state index in [1.165, 1.54) is 29.3 Å². The summed E-state index contributed by atoms with van der Waals surface area (Å²) in [5.74, 6) is 0. The Morgan fingerprint density at radius 3 is 2.74 bits per heavy atom. The molecule has 0 spiro atoms. The number of rotatable bonds is 5. The van der Waals surface area contributed by atoms with E-state index in [0.717, 1.165) is 12.6 Å². The molecular formula is C16H23N3. The topological polar surface area (TPSA) is 20.2 Å². The van der Waals surface area contributed by atoms with Crippen molar-refractivity contribution >= 4 is 10.9 Å². The molecule has 0 aliphatic heterocycles. The fourth-order valence-electron chi connectivity index (χ4n) is 2.78. The Bertz CT molecular complexity index is 566. The third-order valence-corrected chi connectivity index (χ3v) is 4.09. The summed E-state index contributed by atoms with van der Waals surface area (Å²) in [6, 6.07) is 9.87. The third kappa shape index (κ3) is 2.53. The Morgan fingerprint density at radius 1 is 1.32 bits per heavy atom. The monoisotopic (exact) mass is 257 g/mol. The number of para-hydroxylation sites is 1. The number of nitrogens with zero attached hydrogens (tertiary/aromatic N) is 2. The van der Waals surface area contributed by atoms with Crippen molar-refractivity contribution in [3.05, 3.63) is 36.0 Å². The van der Waals surface area contributed by atoms with Gasteiger partial charge in [0.1, 0.15) is 0 Å². The molecule has 0 radical (unpaired) electrons. The molecule has 1 fully saturated rings. The SMILES string of the molecule is CN(C)C(CNC1CC1)c1cn(C)c2ccccc12. The lowest BCUT2D eigenvalue weighted by atomic mass is 10.0. The molecule has 3 heteroatoms. The van der Waals surface area contributed by atoms with E-state index >= 15 is 0 Å². The Morgan fingerprint density at radius 2 is 2.05 bits per heavy atom. The van der Waals surface area contributed by atoms with Crippen LogP contribution in [0.3, 0.4) is 0 Å². The summed E-state index contributed by atoms with van der Waals surface area (Å²) in [6.45, 7) is 1.03. The molecule has 1 N–H and O–H groups in total. The van der Waals surface area contributed by atoms with Crippen LogP contribution in [0.25, 0.3) is 10.9 Å². The lowest BCUT2D eigenvalue weighted by molar-refractivity contribution is 0.289. The quantitative estimate of drug-likeness (QED) is 0.888. The number of nitrogens with one attached hydrogen (secondary N) is 1. The molecule has 1 saturated carbocycles. The van der Waals surface area contributed by atoms with E-state index in [4.69, 9.17) is 0 Å². The number of hydrogen-bond acceptors (Lipinski definition) is 2. The highest BCUT2D eigenvalue weighted by atomic mass is 15.1. The molecule has 1 aliphatic rings. The Labute approximate surface area is 115 Å². The predicted octanol–water partition coefficient (Wildman–Crippen LogP) is 2.53. The first-order valence-electron chi connectivity index (χ1n) is 7.10. The fourth-order valence-corrected chi connectivity index (χ4v) is 2.78. The second-order valence-electron chi connectivity index (χ2n) is 5.87. The number of aromatic nitrogens is 1. The molecule has 3 rings (SSSR count). The highest BCUT2D eigenvalue weighted by Gasteiger charge is 2.24. The minimum atomic E-state index is 0.437. The van der Waals surface area contributed by atoms with Gasteiger partial charge in [-0.25, -0.2) is 0 Å². The van der Waals surface area contributed by atoms with E-state index in [-0.39, 0.29) is 0 Å². The summed E-state index contributed by atoms with van der Waals surface area (Å²) in [6.07, 6.45) is 4.97. The van der Waals surface area contributed by atoms with Gasteiger partial charge in [-0.3, -0.25) is 0 Å². The van der Waals surface area contributed by atoms with E-state index in [1.54, 1.807) is 0 Å². The molecule has 0 saturated heterocycles. The molecule has 1 unspecified atom stereocenters. The summed E-state index contributed by atoms with van der Waals surface area (Å²) in [7, 11) is 6.47. The van der Waals surface area contributed by atoms with Crippen molar-refractivity contribution in [3.8, 4) is 0 Å². The molecule has 1 aromatic carbocycles. The first kappa shape index (κ1) is 12.7. The normalized spacial score (nSPS) is 17.3. The van der Waals surface area contributed by atoms with Gasteiger partial charge >= 0.3 is 0 Å².